The minimum atomic E-state index is -0.449. The first-order valence-electron chi connectivity index (χ1n) is 9.57. The van der Waals surface area contributed by atoms with Crippen LogP contribution in [0.2, 0.25) is 0 Å². The Morgan fingerprint density at radius 2 is 1.62 bits per heavy atom. The molecular weight excluding hydrogens is 368 g/mol. The van der Waals surface area contributed by atoms with Crippen molar-refractivity contribution in [2.75, 3.05) is 37.6 Å². The molecule has 29 heavy (non-hydrogen) atoms. The molecule has 0 aliphatic carbocycles. The predicted molar refractivity (Wildman–Crippen MR) is 111 cm³/mol. The van der Waals surface area contributed by atoms with Crippen LogP contribution in [0.15, 0.2) is 71.5 Å². The maximum atomic E-state index is 12.4. The number of nitrogens with one attached hydrogen (secondary N) is 1. The Labute approximate surface area is 168 Å². The first-order valence-corrected chi connectivity index (χ1v) is 9.57. The molecule has 3 aromatic rings. The zero-order valence-electron chi connectivity index (χ0n) is 16.0. The van der Waals surface area contributed by atoms with Crippen LogP contribution in [0.4, 0.5) is 5.82 Å². The van der Waals surface area contributed by atoms with Crippen molar-refractivity contribution < 1.29 is 9.53 Å². The normalized spacial score (nSPS) is 14.6. The van der Waals surface area contributed by atoms with E-state index >= 15 is 0 Å². The van der Waals surface area contributed by atoms with Crippen molar-refractivity contribution in [1.82, 2.24) is 14.9 Å². The Balaban J connectivity index is 1.38. The van der Waals surface area contributed by atoms with Gasteiger partial charge >= 0.3 is 5.69 Å². The van der Waals surface area contributed by atoms with Gasteiger partial charge in [-0.3, -0.25) is 14.7 Å². The molecular formula is C22H22N4O3. The number of nitrogens with zero attached hydrogens (tertiary/aromatic N) is 3. The quantitative estimate of drug-likeness (QED) is 0.652. The maximum absolute atomic E-state index is 12.4. The van der Waals surface area contributed by atoms with Crippen LogP contribution >= 0.6 is 0 Å². The molecule has 0 amide bonds. The summed E-state index contributed by atoms with van der Waals surface area (Å²) < 4.78 is 5.70. The molecule has 0 unspecified atom stereocenters. The fraction of sp³-hybridized carbons (Fsp3) is 0.227. The number of H-pyrrole nitrogens is 1. The van der Waals surface area contributed by atoms with Crippen LogP contribution in [0.1, 0.15) is 10.4 Å². The summed E-state index contributed by atoms with van der Waals surface area (Å²) in [5.74, 6) is 1.68. The lowest BCUT2D eigenvalue weighted by Crippen LogP contribution is -2.48. The van der Waals surface area contributed by atoms with Crippen molar-refractivity contribution >= 4 is 11.6 Å². The van der Waals surface area contributed by atoms with Gasteiger partial charge in [-0.1, -0.05) is 48.5 Å². The van der Waals surface area contributed by atoms with E-state index in [4.69, 9.17) is 4.74 Å². The number of aromatic nitrogens is 2. The van der Waals surface area contributed by atoms with Gasteiger partial charge in [0.1, 0.15) is 11.6 Å². The third kappa shape index (κ3) is 4.89. The van der Waals surface area contributed by atoms with Crippen molar-refractivity contribution in [2.24, 2.45) is 0 Å². The van der Waals surface area contributed by atoms with Gasteiger partial charge in [-0.15, -0.1) is 0 Å². The van der Waals surface area contributed by atoms with Crippen LogP contribution in [0.5, 0.6) is 11.6 Å². The SMILES string of the molecule is O=C(CN1CCN(c2cc(Oc3ccccc3)nc(=O)[nH]2)CC1)c1ccccc1. The Morgan fingerprint density at radius 3 is 2.31 bits per heavy atom. The molecule has 0 spiro atoms. The number of Topliss-reactive ketones (excluding diaryl/α,β-unsaturated/α-hetero) is 1. The summed E-state index contributed by atoms with van der Waals surface area (Å²) in [4.78, 5) is 35.3. The first-order chi connectivity index (χ1) is 14.2. The van der Waals surface area contributed by atoms with Crippen molar-refractivity contribution in [1.29, 1.82) is 0 Å². The van der Waals surface area contributed by atoms with Gasteiger partial charge in [0.15, 0.2) is 5.78 Å². The average Bonchev–Trinajstić information content (AvgIpc) is 2.75. The van der Waals surface area contributed by atoms with E-state index in [2.05, 4.69) is 19.8 Å². The van der Waals surface area contributed by atoms with Crippen LogP contribution < -0.4 is 15.3 Å². The van der Waals surface area contributed by atoms with Gasteiger partial charge in [0.05, 0.1) is 6.54 Å². The Kier molecular flexibility index (Phi) is 5.67. The minimum absolute atomic E-state index is 0.120. The number of aromatic amines is 1. The molecule has 1 saturated heterocycles. The molecule has 2 aromatic carbocycles. The Bertz CT molecular complexity index is 1010. The molecule has 7 heteroatoms. The fourth-order valence-electron chi connectivity index (χ4n) is 3.32. The van der Waals surface area contributed by atoms with Crippen molar-refractivity contribution in [3.8, 4) is 11.6 Å². The number of rotatable bonds is 6. The van der Waals surface area contributed by atoms with Crippen molar-refractivity contribution in [3.63, 3.8) is 0 Å². The number of benzene rings is 2. The summed E-state index contributed by atoms with van der Waals surface area (Å²) in [6, 6.07) is 20.3. The monoisotopic (exact) mass is 390 g/mol. The van der Waals surface area contributed by atoms with E-state index in [1.165, 1.54) is 0 Å². The van der Waals surface area contributed by atoms with Gasteiger partial charge in [0, 0.05) is 37.8 Å². The summed E-state index contributed by atoms with van der Waals surface area (Å²) in [7, 11) is 0. The molecule has 4 rings (SSSR count). The highest BCUT2D eigenvalue weighted by Crippen LogP contribution is 2.21. The van der Waals surface area contributed by atoms with Crippen LogP contribution in [-0.2, 0) is 0 Å². The highest BCUT2D eigenvalue weighted by molar-refractivity contribution is 5.97. The molecule has 1 aliphatic heterocycles. The molecule has 1 fully saturated rings. The third-order valence-electron chi connectivity index (χ3n) is 4.85. The van der Waals surface area contributed by atoms with Gasteiger partial charge in [-0.25, -0.2) is 4.79 Å². The molecule has 0 bridgehead atoms. The first kappa shape index (κ1) is 18.9. The number of ketones is 1. The smallest absolute Gasteiger partial charge is 0.349 e. The van der Waals surface area contributed by atoms with Gasteiger partial charge in [-0.2, -0.15) is 4.98 Å². The minimum Gasteiger partial charge on any atom is -0.439 e. The van der Waals surface area contributed by atoms with E-state index < -0.39 is 5.69 Å². The van der Waals surface area contributed by atoms with Gasteiger partial charge in [0.2, 0.25) is 5.88 Å². The average molecular weight is 390 g/mol. The summed E-state index contributed by atoms with van der Waals surface area (Å²) in [6.45, 7) is 3.27. The van der Waals surface area contributed by atoms with Crippen LogP contribution in [0.3, 0.4) is 0 Å². The summed E-state index contributed by atoms with van der Waals surface area (Å²) in [5.41, 5.74) is 0.284. The number of piperazine rings is 1. The molecule has 1 N–H and O–H groups in total. The lowest BCUT2D eigenvalue weighted by atomic mass is 10.1. The second-order valence-corrected chi connectivity index (χ2v) is 6.88. The fourth-order valence-corrected chi connectivity index (χ4v) is 3.32. The number of hydrogen-bond acceptors (Lipinski definition) is 6. The number of carbonyl (C=O) groups is 1. The highest BCUT2D eigenvalue weighted by atomic mass is 16.5. The lowest BCUT2D eigenvalue weighted by Gasteiger charge is -2.35. The largest absolute Gasteiger partial charge is 0.439 e. The van der Waals surface area contributed by atoms with Crippen LogP contribution in [0, 0.1) is 0 Å². The molecule has 7 nitrogen and oxygen atoms in total. The van der Waals surface area contributed by atoms with Crippen molar-refractivity contribution in [2.45, 2.75) is 0 Å². The van der Waals surface area contributed by atoms with E-state index in [0.29, 0.717) is 31.2 Å². The Morgan fingerprint density at radius 1 is 0.966 bits per heavy atom. The van der Waals surface area contributed by atoms with E-state index in [1.807, 2.05) is 60.7 Å². The summed E-state index contributed by atoms with van der Waals surface area (Å²) in [5, 5.41) is 0. The second-order valence-electron chi connectivity index (χ2n) is 6.88. The zero-order valence-corrected chi connectivity index (χ0v) is 16.0. The van der Waals surface area contributed by atoms with E-state index in [1.54, 1.807) is 6.07 Å². The highest BCUT2D eigenvalue weighted by Gasteiger charge is 2.21. The van der Waals surface area contributed by atoms with Crippen molar-refractivity contribution in [3.05, 3.63) is 82.8 Å². The Hall–Kier alpha value is -3.45. The molecule has 0 saturated carbocycles. The number of ether oxygens (including phenoxy) is 1. The second kappa shape index (κ2) is 8.70. The maximum Gasteiger partial charge on any atom is 0.349 e. The van der Waals surface area contributed by atoms with E-state index in [-0.39, 0.29) is 11.7 Å². The zero-order chi connectivity index (χ0) is 20.1. The molecule has 148 valence electrons. The number of hydrogen-bond donors (Lipinski definition) is 1. The topological polar surface area (TPSA) is 78.5 Å². The summed E-state index contributed by atoms with van der Waals surface area (Å²) >= 11 is 0. The van der Waals surface area contributed by atoms with Gasteiger partial charge in [0.25, 0.3) is 0 Å². The van der Waals surface area contributed by atoms with Crippen LogP contribution in [0.25, 0.3) is 0 Å². The predicted octanol–water partition coefficient (Wildman–Crippen LogP) is 2.57. The third-order valence-corrected chi connectivity index (χ3v) is 4.85. The molecule has 1 aliphatic rings. The van der Waals surface area contributed by atoms with Gasteiger partial charge in [-0.05, 0) is 12.1 Å². The molecule has 1 aromatic heterocycles. The van der Waals surface area contributed by atoms with Gasteiger partial charge < -0.3 is 9.64 Å². The van der Waals surface area contributed by atoms with Crippen LogP contribution in [-0.4, -0.2) is 53.4 Å². The van der Waals surface area contributed by atoms with E-state index in [9.17, 15) is 9.59 Å². The van der Waals surface area contributed by atoms with E-state index in [0.717, 1.165) is 18.7 Å². The number of carbonyl (C=O) groups excluding carboxylic acids is 1. The number of para-hydroxylation sites is 1. The molecule has 0 radical (unpaired) electrons. The number of anilines is 1. The molecule has 0 atom stereocenters. The summed E-state index contributed by atoms with van der Waals surface area (Å²) in [6.07, 6.45) is 0. The molecule has 2 heterocycles. The standard InChI is InChI=1S/C22H22N4O3/c27-19(17-7-3-1-4-8-17)16-25-11-13-26(14-12-25)20-15-21(24-22(28)23-20)29-18-9-5-2-6-10-18/h1-10,15H,11-14,16H2,(H,23,24,28). The lowest BCUT2D eigenvalue weighted by molar-refractivity contribution is 0.0926.